The Bertz CT molecular complexity index is 1060. The number of fused-ring (bicyclic) bond motifs is 1. The SMILES string of the molecule is CCC(CC)C(=O)NCCCCCc1nc2ccccc2n1CC(=O)N(C)Cc1ccccc1. The molecule has 2 amide bonds. The van der Waals surface area contributed by atoms with Gasteiger partial charge in [0.25, 0.3) is 0 Å². The van der Waals surface area contributed by atoms with Crippen LogP contribution in [0.3, 0.4) is 0 Å². The Morgan fingerprint density at radius 1 is 0.971 bits per heavy atom. The minimum atomic E-state index is 0.0670. The van der Waals surface area contributed by atoms with E-state index in [9.17, 15) is 9.59 Å². The molecule has 0 spiro atoms. The number of likely N-dealkylation sites (N-methyl/N-ethyl adjacent to an activating group) is 1. The molecule has 0 atom stereocenters. The lowest BCUT2D eigenvalue weighted by atomic mass is 10.0. The minimum Gasteiger partial charge on any atom is -0.356 e. The van der Waals surface area contributed by atoms with E-state index in [1.807, 2.05) is 61.6 Å². The molecule has 6 heteroatoms. The summed E-state index contributed by atoms with van der Waals surface area (Å²) in [5.74, 6) is 1.31. The van der Waals surface area contributed by atoms with E-state index in [0.717, 1.165) is 60.9 Å². The van der Waals surface area contributed by atoms with Crippen LogP contribution in [0.15, 0.2) is 54.6 Å². The second-order valence-electron chi connectivity index (χ2n) is 8.95. The largest absolute Gasteiger partial charge is 0.356 e. The molecule has 1 aromatic heterocycles. The van der Waals surface area contributed by atoms with Crippen LogP contribution in [0, 0.1) is 5.92 Å². The van der Waals surface area contributed by atoms with E-state index in [0.29, 0.717) is 13.1 Å². The topological polar surface area (TPSA) is 67.2 Å². The number of unbranched alkanes of at least 4 members (excludes halogenated alkanes) is 2. The van der Waals surface area contributed by atoms with Gasteiger partial charge >= 0.3 is 0 Å². The molecule has 0 unspecified atom stereocenters. The van der Waals surface area contributed by atoms with Crippen LogP contribution < -0.4 is 5.32 Å². The molecule has 3 aromatic rings. The van der Waals surface area contributed by atoms with Gasteiger partial charge in [-0.15, -0.1) is 0 Å². The van der Waals surface area contributed by atoms with E-state index in [4.69, 9.17) is 4.98 Å². The maximum Gasteiger partial charge on any atom is 0.242 e. The van der Waals surface area contributed by atoms with E-state index in [1.54, 1.807) is 4.90 Å². The zero-order chi connectivity index (χ0) is 24.3. The predicted octanol–water partition coefficient (Wildman–Crippen LogP) is 4.96. The highest BCUT2D eigenvalue weighted by molar-refractivity contribution is 5.81. The molecule has 0 saturated heterocycles. The molecule has 0 aliphatic rings. The fraction of sp³-hybridized carbons (Fsp3) is 0.464. The van der Waals surface area contributed by atoms with Gasteiger partial charge in [0.1, 0.15) is 12.4 Å². The van der Waals surface area contributed by atoms with E-state index in [-0.39, 0.29) is 24.3 Å². The maximum atomic E-state index is 13.0. The first-order valence-corrected chi connectivity index (χ1v) is 12.5. The number of imidazole rings is 1. The van der Waals surface area contributed by atoms with Crippen LogP contribution in [-0.4, -0.2) is 39.9 Å². The predicted molar refractivity (Wildman–Crippen MR) is 137 cm³/mol. The zero-order valence-corrected chi connectivity index (χ0v) is 20.8. The number of para-hydroxylation sites is 2. The average molecular weight is 463 g/mol. The third-order valence-electron chi connectivity index (χ3n) is 6.45. The van der Waals surface area contributed by atoms with Gasteiger partial charge in [0.15, 0.2) is 0 Å². The van der Waals surface area contributed by atoms with Crippen molar-refractivity contribution in [2.75, 3.05) is 13.6 Å². The molecule has 6 nitrogen and oxygen atoms in total. The van der Waals surface area contributed by atoms with Crippen LogP contribution in [0.25, 0.3) is 11.0 Å². The lowest BCUT2D eigenvalue weighted by molar-refractivity contribution is -0.131. The second-order valence-corrected chi connectivity index (χ2v) is 8.95. The third kappa shape index (κ3) is 6.92. The number of nitrogens with zero attached hydrogens (tertiary/aromatic N) is 3. The van der Waals surface area contributed by atoms with Crippen molar-refractivity contribution in [3.05, 3.63) is 66.0 Å². The van der Waals surface area contributed by atoms with Crippen LogP contribution in [-0.2, 0) is 29.1 Å². The molecular formula is C28H38N4O2. The normalized spacial score (nSPS) is 11.2. The van der Waals surface area contributed by atoms with Crippen molar-refractivity contribution < 1.29 is 9.59 Å². The molecule has 0 aliphatic heterocycles. The smallest absolute Gasteiger partial charge is 0.242 e. The van der Waals surface area contributed by atoms with E-state index < -0.39 is 0 Å². The molecule has 0 bridgehead atoms. The first-order valence-electron chi connectivity index (χ1n) is 12.5. The van der Waals surface area contributed by atoms with Gasteiger partial charge in [-0.1, -0.05) is 62.7 Å². The Morgan fingerprint density at radius 2 is 1.68 bits per heavy atom. The van der Waals surface area contributed by atoms with Crippen molar-refractivity contribution >= 4 is 22.8 Å². The number of benzene rings is 2. The van der Waals surface area contributed by atoms with Crippen LogP contribution in [0.2, 0.25) is 0 Å². The summed E-state index contributed by atoms with van der Waals surface area (Å²) in [5, 5.41) is 3.06. The first-order chi connectivity index (χ1) is 16.5. The van der Waals surface area contributed by atoms with Gasteiger partial charge in [0.2, 0.25) is 11.8 Å². The number of carbonyl (C=O) groups is 2. The number of hydrogen-bond donors (Lipinski definition) is 1. The highest BCUT2D eigenvalue weighted by Crippen LogP contribution is 2.18. The summed E-state index contributed by atoms with van der Waals surface area (Å²) in [5.41, 5.74) is 3.04. The van der Waals surface area contributed by atoms with E-state index >= 15 is 0 Å². The molecular weight excluding hydrogens is 424 g/mol. The van der Waals surface area contributed by atoms with Gasteiger partial charge in [-0.2, -0.15) is 0 Å². The van der Waals surface area contributed by atoms with Crippen LogP contribution in [0.4, 0.5) is 0 Å². The fourth-order valence-corrected chi connectivity index (χ4v) is 4.29. The van der Waals surface area contributed by atoms with Crippen molar-refractivity contribution in [3.63, 3.8) is 0 Å². The lowest BCUT2D eigenvalue weighted by Crippen LogP contribution is -2.30. The van der Waals surface area contributed by atoms with Gasteiger partial charge in [0, 0.05) is 32.5 Å². The quantitative estimate of drug-likeness (QED) is 0.365. The molecule has 0 radical (unpaired) electrons. The number of hydrogen-bond acceptors (Lipinski definition) is 3. The molecule has 0 fully saturated rings. The molecule has 0 aliphatic carbocycles. The van der Waals surface area contributed by atoms with Gasteiger partial charge in [0.05, 0.1) is 11.0 Å². The van der Waals surface area contributed by atoms with Gasteiger partial charge < -0.3 is 14.8 Å². The summed E-state index contributed by atoms with van der Waals surface area (Å²) in [6, 6.07) is 18.0. The van der Waals surface area contributed by atoms with Gasteiger partial charge in [-0.25, -0.2) is 4.98 Å². The Labute approximate surface area is 203 Å². The summed E-state index contributed by atoms with van der Waals surface area (Å²) in [6.45, 7) is 5.71. The molecule has 34 heavy (non-hydrogen) atoms. The number of aromatic nitrogens is 2. The summed E-state index contributed by atoms with van der Waals surface area (Å²) >= 11 is 0. The number of amides is 2. The molecule has 0 saturated carbocycles. The van der Waals surface area contributed by atoms with Crippen molar-refractivity contribution in [1.82, 2.24) is 19.8 Å². The highest BCUT2D eigenvalue weighted by Gasteiger charge is 2.16. The average Bonchev–Trinajstić information content (AvgIpc) is 3.19. The maximum absolute atomic E-state index is 13.0. The number of nitrogens with one attached hydrogen (secondary N) is 1. The van der Waals surface area contributed by atoms with Crippen LogP contribution in [0.5, 0.6) is 0 Å². The lowest BCUT2D eigenvalue weighted by Gasteiger charge is -2.19. The Hall–Kier alpha value is -3.15. The standard InChI is InChI=1S/C28H38N4O2/c1-4-23(5-2)28(34)29-19-13-7-10-18-26-30-24-16-11-12-17-25(24)32(26)21-27(33)31(3)20-22-14-8-6-9-15-22/h6,8-9,11-12,14-17,23H,4-5,7,10,13,18-21H2,1-3H3,(H,29,34). The Kier molecular flexibility index (Phi) is 9.68. The number of aryl methyl sites for hydroxylation is 1. The zero-order valence-electron chi connectivity index (χ0n) is 20.8. The van der Waals surface area contributed by atoms with Crippen molar-refractivity contribution in [3.8, 4) is 0 Å². The number of rotatable bonds is 13. The Morgan fingerprint density at radius 3 is 2.41 bits per heavy atom. The molecule has 3 rings (SSSR count). The molecule has 1 heterocycles. The Balaban J connectivity index is 1.56. The summed E-state index contributed by atoms with van der Waals surface area (Å²) < 4.78 is 2.06. The number of carbonyl (C=O) groups excluding carboxylic acids is 2. The monoisotopic (exact) mass is 462 g/mol. The minimum absolute atomic E-state index is 0.0670. The van der Waals surface area contributed by atoms with Crippen LogP contribution in [0.1, 0.15) is 57.3 Å². The van der Waals surface area contributed by atoms with Gasteiger partial charge in [-0.3, -0.25) is 9.59 Å². The fourth-order valence-electron chi connectivity index (χ4n) is 4.29. The molecule has 1 N–H and O–H groups in total. The van der Waals surface area contributed by atoms with E-state index in [1.165, 1.54) is 0 Å². The van der Waals surface area contributed by atoms with E-state index in [2.05, 4.69) is 23.7 Å². The second kappa shape index (κ2) is 12.9. The first kappa shape index (κ1) is 25.5. The summed E-state index contributed by atoms with van der Waals surface area (Å²) in [6.07, 6.45) is 5.51. The van der Waals surface area contributed by atoms with Crippen molar-refractivity contribution in [1.29, 1.82) is 0 Å². The third-order valence-corrected chi connectivity index (χ3v) is 6.45. The highest BCUT2D eigenvalue weighted by atomic mass is 16.2. The van der Waals surface area contributed by atoms with Crippen molar-refractivity contribution in [2.45, 2.75) is 65.5 Å². The summed E-state index contributed by atoms with van der Waals surface area (Å²) in [4.78, 5) is 31.7. The molecule has 182 valence electrons. The van der Waals surface area contributed by atoms with Crippen molar-refractivity contribution in [2.24, 2.45) is 5.92 Å². The van der Waals surface area contributed by atoms with Gasteiger partial charge in [-0.05, 0) is 43.4 Å². The van der Waals surface area contributed by atoms with Crippen LogP contribution >= 0.6 is 0 Å². The summed E-state index contributed by atoms with van der Waals surface area (Å²) in [7, 11) is 1.85. The molecule has 2 aromatic carbocycles.